The third kappa shape index (κ3) is 3.43. The van der Waals surface area contributed by atoms with Crippen molar-refractivity contribution in [2.24, 2.45) is 5.92 Å². The SMILES string of the molecule is CCN1CCN(c2ccccc2NC(=O)C2CCCC2)CC1. The van der Waals surface area contributed by atoms with E-state index in [4.69, 9.17) is 0 Å². The maximum absolute atomic E-state index is 12.4. The summed E-state index contributed by atoms with van der Waals surface area (Å²) in [5.74, 6) is 0.419. The molecule has 0 bridgehead atoms. The fraction of sp³-hybridized carbons (Fsp3) is 0.611. The minimum Gasteiger partial charge on any atom is -0.367 e. The summed E-state index contributed by atoms with van der Waals surface area (Å²) in [7, 11) is 0. The maximum atomic E-state index is 12.4. The Kier molecular flexibility index (Phi) is 4.98. The second-order valence-corrected chi connectivity index (χ2v) is 6.41. The van der Waals surface area contributed by atoms with Crippen molar-refractivity contribution < 1.29 is 4.79 Å². The molecule has 1 N–H and O–H groups in total. The van der Waals surface area contributed by atoms with Crippen LogP contribution in [0.1, 0.15) is 32.6 Å². The highest BCUT2D eigenvalue weighted by molar-refractivity contribution is 5.96. The third-order valence-electron chi connectivity index (χ3n) is 5.05. The summed E-state index contributed by atoms with van der Waals surface area (Å²) in [6.45, 7) is 7.59. The van der Waals surface area contributed by atoms with Crippen molar-refractivity contribution in [2.45, 2.75) is 32.6 Å². The van der Waals surface area contributed by atoms with E-state index in [1.165, 1.54) is 18.5 Å². The van der Waals surface area contributed by atoms with E-state index in [2.05, 4.69) is 34.2 Å². The molecule has 1 aromatic rings. The van der Waals surface area contributed by atoms with Crippen LogP contribution in [-0.2, 0) is 4.79 Å². The second-order valence-electron chi connectivity index (χ2n) is 6.41. The first-order valence-corrected chi connectivity index (χ1v) is 8.65. The lowest BCUT2D eigenvalue weighted by molar-refractivity contribution is -0.119. The Morgan fingerprint density at radius 2 is 1.82 bits per heavy atom. The van der Waals surface area contributed by atoms with E-state index in [9.17, 15) is 4.79 Å². The predicted molar refractivity (Wildman–Crippen MR) is 91.4 cm³/mol. The number of nitrogens with zero attached hydrogens (tertiary/aromatic N) is 2. The topological polar surface area (TPSA) is 35.6 Å². The number of nitrogens with one attached hydrogen (secondary N) is 1. The Balaban J connectivity index is 1.68. The van der Waals surface area contributed by atoms with Crippen molar-refractivity contribution in [3.63, 3.8) is 0 Å². The van der Waals surface area contributed by atoms with E-state index in [0.717, 1.165) is 51.3 Å². The predicted octanol–water partition coefficient (Wildman–Crippen LogP) is 2.96. The van der Waals surface area contributed by atoms with Gasteiger partial charge >= 0.3 is 0 Å². The number of hydrogen-bond acceptors (Lipinski definition) is 3. The highest BCUT2D eigenvalue weighted by Crippen LogP contribution is 2.30. The van der Waals surface area contributed by atoms with Gasteiger partial charge in [-0.15, -0.1) is 0 Å². The summed E-state index contributed by atoms with van der Waals surface area (Å²) < 4.78 is 0. The van der Waals surface area contributed by atoms with E-state index < -0.39 is 0 Å². The normalized spacial score (nSPS) is 20.3. The number of benzene rings is 1. The van der Waals surface area contributed by atoms with Gasteiger partial charge in [0, 0.05) is 32.1 Å². The van der Waals surface area contributed by atoms with Gasteiger partial charge in [-0.3, -0.25) is 4.79 Å². The molecule has 1 amide bonds. The molecule has 2 fully saturated rings. The van der Waals surface area contributed by atoms with Crippen molar-refractivity contribution in [1.82, 2.24) is 4.90 Å². The Morgan fingerprint density at radius 3 is 2.50 bits per heavy atom. The molecule has 0 unspecified atom stereocenters. The van der Waals surface area contributed by atoms with Gasteiger partial charge in [0.15, 0.2) is 0 Å². The molecule has 1 aliphatic heterocycles. The van der Waals surface area contributed by atoms with Gasteiger partial charge in [0.2, 0.25) is 5.91 Å². The Labute approximate surface area is 133 Å². The molecule has 1 heterocycles. The monoisotopic (exact) mass is 301 g/mol. The molecule has 0 radical (unpaired) electrons. The molecule has 0 spiro atoms. The number of amides is 1. The van der Waals surface area contributed by atoms with Gasteiger partial charge in [-0.2, -0.15) is 0 Å². The molecule has 1 saturated carbocycles. The van der Waals surface area contributed by atoms with Gasteiger partial charge < -0.3 is 15.1 Å². The third-order valence-corrected chi connectivity index (χ3v) is 5.05. The first kappa shape index (κ1) is 15.3. The van der Waals surface area contributed by atoms with Gasteiger partial charge in [-0.05, 0) is 31.5 Å². The molecule has 22 heavy (non-hydrogen) atoms. The van der Waals surface area contributed by atoms with Crippen molar-refractivity contribution >= 4 is 17.3 Å². The lowest BCUT2D eigenvalue weighted by Crippen LogP contribution is -2.46. The van der Waals surface area contributed by atoms with E-state index in [1.807, 2.05) is 12.1 Å². The summed E-state index contributed by atoms with van der Waals surface area (Å²) in [6, 6.07) is 8.24. The van der Waals surface area contributed by atoms with Gasteiger partial charge in [-0.1, -0.05) is 31.9 Å². The van der Waals surface area contributed by atoms with Crippen LogP contribution in [0.25, 0.3) is 0 Å². The van der Waals surface area contributed by atoms with Crippen LogP contribution in [0, 0.1) is 5.92 Å². The minimum atomic E-state index is 0.206. The second kappa shape index (κ2) is 7.14. The number of likely N-dealkylation sites (N-methyl/N-ethyl adjacent to an activating group) is 1. The molecule has 0 atom stereocenters. The number of piperazine rings is 1. The average Bonchev–Trinajstić information content (AvgIpc) is 3.10. The van der Waals surface area contributed by atoms with Gasteiger partial charge in [0.25, 0.3) is 0 Å². The molecule has 0 aromatic heterocycles. The van der Waals surface area contributed by atoms with Gasteiger partial charge in [0.05, 0.1) is 11.4 Å². The van der Waals surface area contributed by atoms with Crippen LogP contribution in [0.4, 0.5) is 11.4 Å². The van der Waals surface area contributed by atoms with E-state index in [0.29, 0.717) is 0 Å². The minimum absolute atomic E-state index is 0.206. The fourth-order valence-electron chi connectivity index (χ4n) is 3.58. The van der Waals surface area contributed by atoms with Crippen LogP contribution in [0.15, 0.2) is 24.3 Å². The van der Waals surface area contributed by atoms with Gasteiger partial charge in [0.1, 0.15) is 0 Å². The van der Waals surface area contributed by atoms with Crippen molar-refractivity contribution in [3.8, 4) is 0 Å². The zero-order valence-corrected chi connectivity index (χ0v) is 13.6. The fourth-order valence-corrected chi connectivity index (χ4v) is 3.58. The zero-order valence-electron chi connectivity index (χ0n) is 13.6. The highest BCUT2D eigenvalue weighted by atomic mass is 16.1. The number of carbonyl (C=O) groups excluding carboxylic acids is 1. The van der Waals surface area contributed by atoms with Crippen LogP contribution < -0.4 is 10.2 Å². The van der Waals surface area contributed by atoms with Crippen LogP contribution >= 0.6 is 0 Å². The number of hydrogen-bond donors (Lipinski definition) is 1. The number of carbonyl (C=O) groups is 1. The first-order valence-electron chi connectivity index (χ1n) is 8.65. The lowest BCUT2D eigenvalue weighted by atomic mass is 10.1. The first-order chi connectivity index (χ1) is 10.8. The number of rotatable bonds is 4. The maximum Gasteiger partial charge on any atom is 0.227 e. The Hall–Kier alpha value is -1.55. The lowest BCUT2D eigenvalue weighted by Gasteiger charge is -2.36. The molecule has 4 nitrogen and oxygen atoms in total. The van der Waals surface area contributed by atoms with Crippen molar-refractivity contribution in [2.75, 3.05) is 42.9 Å². The summed E-state index contributed by atoms with van der Waals surface area (Å²) >= 11 is 0. The Morgan fingerprint density at radius 1 is 1.14 bits per heavy atom. The van der Waals surface area contributed by atoms with Gasteiger partial charge in [-0.25, -0.2) is 0 Å². The average molecular weight is 301 g/mol. The number of para-hydroxylation sites is 2. The molecular formula is C18H27N3O. The van der Waals surface area contributed by atoms with E-state index in [1.54, 1.807) is 0 Å². The molecule has 1 saturated heterocycles. The highest BCUT2D eigenvalue weighted by Gasteiger charge is 2.24. The summed E-state index contributed by atoms with van der Waals surface area (Å²) in [4.78, 5) is 17.3. The van der Waals surface area contributed by atoms with Crippen molar-refractivity contribution in [3.05, 3.63) is 24.3 Å². The summed E-state index contributed by atoms with van der Waals surface area (Å²) in [5, 5.41) is 3.18. The molecule has 3 rings (SSSR count). The quantitative estimate of drug-likeness (QED) is 0.929. The van der Waals surface area contributed by atoms with Crippen molar-refractivity contribution in [1.29, 1.82) is 0 Å². The largest absolute Gasteiger partial charge is 0.367 e. The molecular weight excluding hydrogens is 274 g/mol. The zero-order chi connectivity index (χ0) is 15.4. The molecule has 4 heteroatoms. The summed E-state index contributed by atoms with van der Waals surface area (Å²) in [5.41, 5.74) is 2.15. The van der Waals surface area contributed by atoms with E-state index >= 15 is 0 Å². The molecule has 2 aliphatic rings. The standard InChI is InChI=1S/C18H27N3O/c1-2-20-11-13-21(14-12-20)17-10-6-5-9-16(17)19-18(22)15-7-3-4-8-15/h5-6,9-10,15H,2-4,7-8,11-14H2,1H3,(H,19,22). The Bertz CT molecular complexity index is 503. The summed E-state index contributed by atoms with van der Waals surface area (Å²) in [6.07, 6.45) is 4.48. The molecule has 1 aliphatic carbocycles. The number of anilines is 2. The molecule has 120 valence electrons. The molecule has 1 aromatic carbocycles. The van der Waals surface area contributed by atoms with Crippen LogP contribution in [0.2, 0.25) is 0 Å². The van der Waals surface area contributed by atoms with Crippen LogP contribution in [0.3, 0.4) is 0 Å². The smallest absolute Gasteiger partial charge is 0.227 e. The van der Waals surface area contributed by atoms with E-state index in [-0.39, 0.29) is 11.8 Å². The van der Waals surface area contributed by atoms with Crippen LogP contribution in [0.5, 0.6) is 0 Å². The van der Waals surface area contributed by atoms with Crippen LogP contribution in [-0.4, -0.2) is 43.5 Å².